The van der Waals surface area contributed by atoms with Crippen molar-refractivity contribution in [3.05, 3.63) is 46.4 Å². The van der Waals surface area contributed by atoms with Gasteiger partial charge in [-0.1, -0.05) is 19.9 Å². The lowest BCUT2D eigenvalue weighted by atomic mass is 10.2. The maximum Gasteiger partial charge on any atom is 0.0601 e. The van der Waals surface area contributed by atoms with E-state index in [2.05, 4.69) is 59.6 Å². The predicted molar refractivity (Wildman–Crippen MR) is 87.3 cm³/mol. The van der Waals surface area contributed by atoms with E-state index in [1.54, 1.807) is 0 Å². The molecule has 0 saturated heterocycles. The Morgan fingerprint density at radius 2 is 2.20 bits per heavy atom. The van der Waals surface area contributed by atoms with E-state index in [-0.39, 0.29) is 0 Å². The molecule has 0 radical (unpaired) electrons. The summed E-state index contributed by atoms with van der Waals surface area (Å²) < 4.78 is 0. The van der Waals surface area contributed by atoms with Crippen LogP contribution in [0.25, 0.3) is 0 Å². The second-order valence-electron chi connectivity index (χ2n) is 5.13. The summed E-state index contributed by atoms with van der Waals surface area (Å²) in [6.45, 7) is 9.36. The molecule has 0 fully saturated rings. The summed E-state index contributed by atoms with van der Waals surface area (Å²) in [7, 11) is 0. The van der Waals surface area contributed by atoms with Crippen LogP contribution in [0.3, 0.4) is 0 Å². The number of thiophene rings is 1. The fourth-order valence-corrected chi connectivity index (χ4v) is 2.84. The molecular weight excluding hydrogens is 266 g/mol. The molecular formula is C16H23N3S. The highest BCUT2D eigenvalue weighted by atomic mass is 32.1. The Hall–Kier alpha value is -1.39. The van der Waals surface area contributed by atoms with E-state index < -0.39 is 0 Å². The molecule has 0 aliphatic rings. The van der Waals surface area contributed by atoms with Crippen LogP contribution in [0, 0.1) is 0 Å². The third-order valence-corrected chi connectivity index (χ3v) is 4.10. The van der Waals surface area contributed by atoms with Crippen molar-refractivity contribution >= 4 is 17.0 Å². The molecule has 2 heterocycles. The van der Waals surface area contributed by atoms with Crippen molar-refractivity contribution in [3.8, 4) is 0 Å². The number of aromatic nitrogens is 1. The van der Waals surface area contributed by atoms with Gasteiger partial charge in [0, 0.05) is 30.2 Å². The zero-order valence-corrected chi connectivity index (χ0v) is 13.3. The summed E-state index contributed by atoms with van der Waals surface area (Å²) in [5.41, 5.74) is 2.55. The minimum absolute atomic E-state index is 0.489. The highest BCUT2D eigenvalue weighted by Crippen LogP contribution is 2.22. The number of anilines is 1. The normalized spacial score (nSPS) is 11.0. The van der Waals surface area contributed by atoms with E-state index in [1.807, 2.05) is 23.7 Å². The highest BCUT2D eigenvalue weighted by molar-refractivity contribution is 7.09. The summed E-state index contributed by atoms with van der Waals surface area (Å²) in [6, 6.07) is 6.90. The van der Waals surface area contributed by atoms with Crippen molar-refractivity contribution in [3.63, 3.8) is 0 Å². The highest BCUT2D eigenvalue weighted by Gasteiger charge is 2.11. The lowest BCUT2D eigenvalue weighted by molar-refractivity contribution is 0.587. The standard InChI is InChI=1S/C16H23N3S/c1-4-19(12-15-6-5-9-20-15)16-11-17-8-7-14(16)10-18-13(2)3/h5-9,11,13,18H,4,10,12H2,1-3H3. The molecule has 1 N–H and O–H groups in total. The summed E-state index contributed by atoms with van der Waals surface area (Å²) in [5, 5.41) is 5.62. The van der Waals surface area contributed by atoms with Crippen molar-refractivity contribution in [1.82, 2.24) is 10.3 Å². The van der Waals surface area contributed by atoms with Crippen LogP contribution in [-0.2, 0) is 13.1 Å². The number of rotatable bonds is 7. The third-order valence-electron chi connectivity index (χ3n) is 3.24. The molecule has 0 saturated carbocycles. The van der Waals surface area contributed by atoms with Crippen LogP contribution in [0.4, 0.5) is 5.69 Å². The molecule has 0 amide bonds. The monoisotopic (exact) mass is 289 g/mol. The van der Waals surface area contributed by atoms with Gasteiger partial charge in [-0.15, -0.1) is 11.3 Å². The minimum Gasteiger partial charge on any atom is -0.365 e. The van der Waals surface area contributed by atoms with Crippen molar-refractivity contribution in [2.45, 2.75) is 39.9 Å². The minimum atomic E-state index is 0.489. The largest absolute Gasteiger partial charge is 0.365 e. The van der Waals surface area contributed by atoms with Gasteiger partial charge in [0.05, 0.1) is 18.4 Å². The van der Waals surface area contributed by atoms with Gasteiger partial charge in [-0.2, -0.15) is 0 Å². The van der Waals surface area contributed by atoms with Gasteiger partial charge >= 0.3 is 0 Å². The molecule has 2 aromatic rings. The van der Waals surface area contributed by atoms with Crippen LogP contribution in [0.5, 0.6) is 0 Å². The van der Waals surface area contributed by atoms with Gasteiger partial charge < -0.3 is 10.2 Å². The Kier molecular flexibility index (Phi) is 5.56. The number of pyridine rings is 1. The molecule has 0 unspecified atom stereocenters. The van der Waals surface area contributed by atoms with E-state index in [0.29, 0.717) is 6.04 Å². The van der Waals surface area contributed by atoms with E-state index in [9.17, 15) is 0 Å². The number of nitrogens with one attached hydrogen (secondary N) is 1. The molecule has 3 nitrogen and oxygen atoms in total. The summed E-state index contributed by atoms with van der Waals surface area (Å²) >= 11 is 1.81. The topological polar surface area (TPSA) is 28.2 Å². The molecule has 0 aliphatic heterocycles. The molecule has 0 spiro atoms. The quantitative estimate of drug-likeness (QED) is 0.843. The lowest BCUT2D eigenvalue weighted by Crippen LogP contribution is -2.26. The second kappa shape index (κ2) is 7.41. The van der Waals surface area contributed by atoms with Gasteiger partial charge in [0.2, 0.25) is 0 Å². The van der Waals surface area contributed by atoms with Crippen molar-refractivity contribution in [2.24, 2.45) is 0 Å². The first kappa shape index (κ1) is 15.0. The molecule has 20 heavy (non-hydrogen) atoms. The molecule has 2 aromatic heterocycles. The summed E-state index contributed by atoms with van der Waals surface area (Å²) in [5.74, 6) is 0. The summed E-state index contributed by atoms with van der Waals surface area (Å²) in [4.78, 5) is 8.08. The fraction of sp³-hybridized carbons (Fsp3) is 0.438. The number of hydrogen-bond acceptors (Lipinski definition) is 4. The second-order valence-corrected chi connectivity index (χ2v) is 6.17. The van der Waals surface area contributed by atoms with Gasteiger partial charge in [-0.25, -0.2) is 0 Å². The maximum absolute atomic E-state index is 4.30. The fourth-order valence-electron chi connectivity index (χ4n) is 2.12. The van der Waals surface area contributed by atoms with Crippen LogP contribution < -0.4 is 10.2 Å². The van der Waals surface area contributed by atoms with Gasteiger partial charge in [0.25, 0.3) is 0 Å². The van der Waals surface area contributed by atoms with Crippen molar-refractivity contribution < 1.29 is 0 Å². The van der Waals surface area contributed by atoms with E-state index >= 15 is 0 Å². The van der Waals surface area contributed by atoms with Crippen LogP contribution >= 0.6 is 11.3 Å². The Morgan fingerprint density at radius 3 is 2.85 bits per heavy atom. The molecule has 0 aliphatic carbocycles. The van der Waals surface area contributed by atoms with Crippen LogP contribution in [0.1, 0.15) is 31.2 Å². The zero-order chi connectivity index (χ0) is 14.4. The average Bonchev–Trinajstić information content (AvgIpc) is 2.96. The molecule has 4 heteroatoms. The smallest absolute Gasteiger partial charge is 0.0601 e. The van der Waals surface area contributed by atoms with Gasteiger partial charge in [0.15, 0.2) is 0 Å². The van der Waals surface area contributed by atoms with E-state index in [0.717, 1.165) is 19.6 Å². The van der Waals surface area contributed by atoms with Crippen LogP contribution in [0.15, 0.2) is 36.0 Å². The summed E-state index contributed by atoms with van der Waals surface area (Å²) in [6.07, 6.45) is 3.86. The molecule has 0 bridgehead atoms. The lowest BCUT2D eigenvalue weighted by Gasteiger charge is -2.25. The first-order valence-electron chi connectivity index (χ1n) is 7.14. The first-order chi connectivity index (χ1) is 9.70. The Labute approximate surface area is 125 Å². The molecule has 2 rings (SSSR count). The van der Waals surface area contributed by atoms with Gasteiger partial charge in [-0.05, 0) is 30.0 Å². The molecule has 0 atom stereocenters. The van der Waals surface area contributed by atoms with E-state index in [1.165, 1.54) is 16.1 Å². The third kappa shape index (κ3) is 4.05. The first-order valence-corrected chi connectivity index (χ1v) is 8.02. The number of hydrogen-bond donors (Lipinski definition) is 1. The van der Waals surface area contributed by atoms with Gasteiger partial charge in [0.1, 0.15) is 0 Å². The number of nitrogens with zero attached hydrogens (tertiary/aromatic N) is 2. The van der Waals surface area contributed by atoms with Gasteiger partial charge in [-0.3, -0.25) is 4.98 Å². The average molecular weight is 289 g/mol. The molecule has 108 valence electrons. The Balaban J connectivity index is 2.16. The van der Waals surface area contributed by atoms with E-state index in [4.69, 9.17) is 0 Å². The van der Waals surface area contributed by atoms with Crippen LogP contribution in [0.2, 0.25) is 0 Å². The van der Waals surface area contributed by atoms with Crippen LogP contribution in [-0.4, -0.2) is 17.6 Å². The Morgan fingerprint density at radius 1 is 1.35 bits per heavy atom. The Bertz CT molecular complexity index is 508. The van der Waals surface area contributed by atoms with Crippen molar-refractivity contribution in [1.29, 1.82) is 0 Å². The molecule has 0 aromatic carbocycles. The predicted octanol–water partition coefficient (Wildman–Crippen LogP) is 3.67. The SMILES string of the molecule is CCN(Cc1cccs1)c1cnccc1CNC(C)C. The van der Waals surface area contributed by atoms with Crippen molar-refractivity contribution in [2.75, 3.05) is 11.4 Å². The maximum atomic E-state index is 4.30. The zero-order valence-electron chi connectivity index (χ0n) is 12.5.